The average molecular weight is 349 g/mol. The Hall–Kier alpha value is -1.95. The van der Waals surface area contributed by atoms with Gasteiger partial charge in [-0.3, -0.25) is 4.79 Å². The van der Waals surface area contributed by atoms with E-state index in [9.17, 15) is 4.79 Å². The molecule has 6 heteroatoms. The molecule has 0 aliphatic heterocycles. The van der Waals surface area contributed by atoms with E-state index in [4.69, 9.17) is 5.73 Å². The van der Waals surface area contributed by atoms with Gasteiger partial charge in [0.1, 0.15) is 5.82 Å². The first kappa shape index (κ1) is 15.4. The first-order valence-corrected chi connectivity index (χ1v) is 7.37. The van der Waals surface area contributed by atoms with Crippen molar-refractivity contribution in [2.45, 2.75) is 26.7 Å². The molecule has 1 amide bonds. The van der Waals surface area contributed by atoms with Gasteiger partial charge >= 0.3 is 0 Å². The normalized spacial score (nSPS) is 10.7. The van der Waals surface area contributed by atoms with Crippen LogP contribution in [0.3, 0.4) is 0 Å². The number of nitrogen functional groups attached to an aromatic ring is 1. The molecule has 0 saturated carbocycles. The molecule has 1 heterocycles. The maximum absolute atomic E-state index is 12.4. The van der Waals surface area contributed by atoms with Crippen molar-refractivity contribution in [1.82, 2.24) is 9.97 Å². The number of nitrogens with zero attached hydrogens (tertiary/aromatic N) is 2. The quantitative estimate of drug-likeness (QED) is 0.889. The molecule has 1 aromatic heterocycles. The minimum Gasteiger partial charge on any atom is -0.396 e. The number of amides is 1. The zero-order valence-corrected chi connectivity index (χ0v) is 13.7. The lowest BCUT2D eigenvalue weighted by molar-refractivity contribution is 0.102. The maximum atomic E-state index is 12.4. The van der Waals surface area contributed by atoms with Crippen molar-refractivity contribution in [2.24, 2.45) is 0 Å². The van der Waals surface area contributed by atoms with Gasteiger partial charge in [0, 0.05) is 10.4 Å². The van der Waals surface area contributed by atoms with E-state index in [-0.39, 0.29) is 23.2 Å². The molecule has 21 heavy (non-hydrogen) atoms. The van der Waals surface area contributed by atoms with Gasteiger partial charge in [0.05, 0.1) is 17.6 Å². The van der Waals surface area contributed by atoms with Crippen LogP contribution >= 0.6 is 15.9 Å². The highest BCUT2D eigenvalue weighted by atomic mass is 79.9. The van der Waals surface area contributed by atoms with Crippen molar-refractivity contribution in [3.05, 3.63) is 46.0 Å². The fourth-order valence-corrected chi connectivity index (χ4v) is 2.13. The number of halogens is 1. The van der Waals surface area contributed by atoms with E-state index in [1.165, 1.54) is 6.20 Å². The number of hydrogen-bond acceptors (Lipinski definition) is 4. The highest BCUT2D eigenvalue weighted by molar-refractivity contribution is 9.10. The molecule has 0 saturated heterocycles. The molecule has 0 unspecified atom stereocenters. The van der Waals surface area contributed by atoms with Crippen LogP contribution in [0.2, 0.25) is 0 Å². The van der Waals surface area contributed by atoms with Crippen LogP contribution in [0.15, 0.2) is 28.9 Å². The molecule has 5 nitrogen and oxygen atoms in total. The van der Waals surface area contributed by atoms with E-state index in [0.29, 0.717) is 11.5 Å². The lowest BCUT2D eigenvalue weighted by Crippen LogP contribution is -2.18. The third-order valence-electron chi connectivity index (χ3n) is 2.94. The van der Waals surface area contributed by atoms with Crippen LogP contribution < -0.4 is 11.1 Å². The molecule has 0 radical (unpaired) electrons. The SMILES string of the molecule is Cc1ccc(Br)c(NC(=O)c2nc(C(C)C)ncc2N)c1. The number of carbonyl (C=O) groups excluding carboxylic acids is 1. The van der Waals surface area contributed by atoms with Crippen LogP contribution in [0.4, 0.5) is 11.4 Å². The molecule has 0 spiro atoms. The molecule has 0 bridgehead atoms. The summed E-state index contributed by atoms with van der Waals surface area (Å²) in [6, 6.07) is 5.71. The Morgan fingerprint density at radius 3 is 2.76 bits per heavy atom. The van der Waals surface area contributed by atoms with Gasteiger partial charge in [-0.25, -0.2) is 9.97 Å². The largest absolute Gasteiger partial charge is 0.396 e. The number of anilines is 2. The van der Waals surface area contributed by atoms with Crippen molar-refractivity contribution < 1.29 is 4.79 Å². The second-order valence-electron chi connectivity index (χ2n) is 5.12. The lowest BCUT2D eigenvalue weighted by atomic mass is 10.2. The summed E-state index contributed by atoms with van der Waals surface area (Å²) in [5.74, 6) is 0.378. The van der Waals surface area contributed by atoms with Gasteiger partial charge in [0.25, 0.3) is 5.91 Å². The Kier molecular flexibility index (Phi) is 4.57. The zero-order valence-electron chi connectivity index (χ0n) is 12.1. The summed E-state index contributed by atoms with van der Waals surface area (Å²) in [4.78, 5) is 20.8. The van der Waals surface area contributed by atoms with Crippen molar-refractivity contribution in [2.75, 3.05) is 11.1 Å². The van der Waals surface area contributed by atoms with Gasteiger partial charge in [-0.2, -0.15) is 0 Å². The van der Waals surface area contributed by atoms with Gasteiger partial charge in [0.2, 0.25) is 0 Å². The summed E-state index contributed by atoms with van der Waals surface area (Å²) >= 11 is 3.41. The monoisotopic (exact) mass is 348 g/mol. The first-order chi connectivity index (χ1) is 9.88. The van der Waals surface area contributed by atoms with E-state index in [0.717, 1.165) is 10.0 Å². The van der Waals surface area contributed by atoms with E-state index >= 15 is 0 Å². The standard InChI is InChI=1S/C15H17BrN4O/c1-8(2)14-18-7-11(17)13(20-14)15(21)19-12-6-9(3)4-5-10(12)16/h4-8H,17H2,1-3H3,(H,19,21). The second kappa shape index (κ2) is 6.22. The van der Waals surface area contributed by atoms with E-state index in [2.05, 4.69) is 31.2 Å². The Bertz CT molecular complexity index is 685. The molecule has 3 N–H and O–H groups in total. The van der Waals surface area contributed by atoms with Gasteiger partial charge in [-0.15, -0.1) is 0 Å². The Morgan fingerprint density at radius 1 is 1.38 bits per heavy atom. The summed E-state index contributed by atoms with van der Waals surface area (Å²) in [6.07, 6.45) is 1.47. The lowest BCUT2D eigenvalue weighted by Gasteiger charge is -2.11. The molecule has 1 aromatic carbocycles. The number of nitrogens with two attached hydrogens (primary N) is 1. The third kappa shape index (κ3) is 3.58. The van der Waals surface area contributed by atoms with Crippen molar-refractivity contribution >= 4 is 33.2 Å². The molecule has 2 aromatic rings. The number of benzene rings is 1. The summed E-state index contributed by atoms with van der Waals surface area (Å²) in [7, 11) is 0. The average Bonchev–Trinajstić information content (AvgIpc) is 2.43. The minimum atomic E-state index is -0.344. The summed E-state index contributed by atoms with van der Waals surface area (Å²) in [5, 5.41) is 2.82. The van der Waals surface area contributed by atoms with Gasteiger partial charge in [0.15, 0.2) is 5.69 Å². The Morgan fingerprint density at radius 2 is 2.10 bits per heavy atom. The zero-order chi connectivity index (χ0) is 15.6. The third-order valence-corrected chi connectivity index (χ3v) is 3.63. The number of aromatic nitrogens is 2. The number of rotatable bonds is 3. The fourth-order valence-electron chi connectivity index (χ4n) is 1.78. The topological polar surface area (TPSA) is 80.9 Å². The van der Waals surface area contributed by atoms with Gasteiger partial charge in [-0.05, 0) is 40.5 Å². The smallest absolute Gasteiger partial charge is 0.276 e. The van der Waals surface area contributed by atoms with Gasteiger partial charge < -0.3 is 11.1 Å². The number of aryl methyl sites for hydroxylation is 1. The fraction of sp³-hybridized carbons (Fsp3) is 0.267. The van der Waals surface area contributed by atoms with E-state index < -0.39 is 0 Å². The maximum Gasteiger partial charge on any atom is 0.276 e. The molecule has 0 fully saturated rings. The summed E-state index contributed by atoms with van der Waals surface area (Å²) in [6.45, 7) is 5.88. The number of nitrogens with one attached hydrogen (secondary N) is 1. The summed E-state index contributed by atoms with van der Waals surface area (Å²) in [5.41, 5.74) is 8.01. The number of hydrogen-bond donors (Lipinski definition) is 2. The van der Waals surface area contributed by atoms with Crippen LogP contribution in [0, 0.1) is 6.92 Å². The minimum absolute atomic E-state index is 0.128. The van der Waals surface area contributed by atoms with Crippen LogP contribution in [0.1, 0.15) is 41.6 Å². The molecule has 2 rings (SSSR count). The van der Waals surface area contributed by atoms with Crippen LogP contribution in [0.5, 0.6) is 0 Å². The molecule has 0 aliphatic carbocycles. The molecule has 0 atom stereocenters. The Labute approximate surface area is 132 Å². The van der Waals surface area contributed by atoms with Crippen molar-refractivity contribution in [3.8, 4) is 0 Å². The molecule has 110 valence electrons. The van der Waals surface area contributed by atoms with Gasteiger partial charge in [-0.1, -0.05) is 19.9 Å². The first-order valence-electron chi connectivity index (χ1n) is 6.58. The highest BCUT2D eigenvalue weighted by Gasteiger charge is 2.16. The van der Waals surface area contributed by atoms with Crippen LogP contribution in [-0.2, 0) is 0 Å². The Balaban J connectivity index is 2.32. The predicted molar refractivity (Wildman–Crippen MR) is 87.4 cm³/mol. The molecular weight excluding hydrogens is 332 g/mol. The molecule has 0 aliphatic rings. The van der Waals surface area contributed by atoms with Crippen LogP contribution in [0.25, 0.3) is 0 Å². The predicted octanol–water partition coefficient (Wildman–Crippen LogP) is 3.51. The van der Waals surface area contributed by atoms with E-state index in [1.54, 1.807) is 0 Å². The van der Waals surface area contributed by atoms with Crippen molar-refractivity contribution in [3.63, 3.8) is 0 Å². The van der Waals surface area contributed by atoms with Crippen molar-refractivity contribution in [1.29, 1.82) is 0 Å². The highest BCUT2D eigenvalue weighted by Crippen LogP contribution is 2.24. The summed E-state index contributed by atoms with van der Waals surface area (Å²) < 4.78 is 0.804. The number of carbonyl (C=O) groups is 1. The molecular formula is C15H17BrN4O. The van der Waals surface area contributed by atoms with E-state index in [1.807, 2.05) is 39.0 Å². The second-order valence-corrected chi connectivity index (χ2v) is 5.98. The van der Waals surface area contributed by atoms with Crippen LogP contribution in [-0.4, -0.2) is 15.9 Å².